The van der Waals surface area contributed by atoms with Crippen LogP contribution in [0, 0.1) is 46.3 Å². The molecule has 7 rings (SSSR count). The summed E-state index contributed by atoms with van der Waals surface area (Å²) in [6.07, 6.45) is -7.07. The lowest BCUT2D eigenvalue weighted by Gasteiger charge is -2.61. The average Bonchev–Trinajstić information content (AvgIpc) is 3.57. The van der Waals surface area contributed by atoms with Crippen LogP contribution in [0.1, 0.15) is 92.4 Å². The molecule has 3 heterocycles. The molecule has 13 nitrogen and oxygen atoms in total. The maximum Gasteiger partial charge on any atom is 0.187 e. The third-order valence-electron chi connectivity index (χ3n) is 15.1. The van der Waals surface area contributed by atoms with Gasteiger partial charge in [-0.05, 0) is 104 Å². The molecule has 298 valence electrons. The minimum Gasteiger partial charge on any atom is -0.491 e. The number of hydrogen-bond acceptors (Lipinski definition) is 13. The van der Waals surface area contributed by atoms with Crippen molar-refractivity contribution in [1.29, 1.82) is 0 Å². The molecule has 4 aliphatic carbocycles. The van der Waals surface area contributed by atoms with Crippen molar-refractivity contribution < 1.29 is 64.5 Å². The second kappa shape index (κ2) is 14.9. The highest BCUT2D eigenvalue weighted by Crippen LogP contribution is 2.70. The van der Waals surface area contributed by atoms with Crippen molar-refractivity contribution in [2.75, 3.05) is 13.2 Å². The van der Waals surface area contributed by atoms with Crippen molar-refractivity contribution in [2.45, 2.75) is 172 Å². The molecule has 0 spiro atoms. The van der Waals surface area contributed by atoms with E-state index < -0.39 is 80.7 Å². The van der Waals surface area contributed by atoms with Crippen LogP contribution >= 0.6 is 0 Å². The lowest BCUT2D eigenvalue weighted by molar-refractivity contribution is -0.373. The Kier molecular flexibility index (Phi) is 11.2. The standard InChI is InChI=1S/C39H64O13/c1-17(2)6-9-23-18(3)26-34(49-23)30(44)27-21-8-7-19-14-20(10-12-38(19,4)22(21)11-13-39(26,27)5)48-37-35(32(46)29(43)25(16-41)51-37)52-36-33(47)31(45)28(42)24(15-40)50-36/h17,19-22,24-37,40-47H,6-16H2,1-5H3/t19-,20+,21-,22+,24-,25-,26+,27-,28-,29+,30+,31+,32+,33-,34-,35-,36+,37-,38+,39-/m1/s1. The van der Waals surface area contributed by atoms with Crippen LogP contribution in [-0.2, 0) is 23.7 Å². The first kappa shape index (κ1) is 39.3. The van der Waals surface area contributed by atoms with Crippen molar-refractivity contribution in [3.63, 3.8) is 0 Å². The lowest BCUT2D eigenvalue weighted by atomic mass is 9.44. The van der Waals surface area contributed by atoms with Gasteiger partial charge >= 0.3 is 0 Å². The largest absolute Gasteiger partial charge is 0.491 e. The zero-order chi connectivity index (χ0) is 37.4. The Morgan fingerprint density at radius 2 is 1.40 bits per heavy atom. The molecule has 3 aliphatic heterocycles. The molecule has 7 aliphatic rings. The molecule has 4 saturated carbocycles. The molecule has 0 aromatic heterocycles. The summed E-state index contributed by atoms with van der Waals surface area (Å²) in [7, 11) is 0. The number of ether oxygens (including phenoxy) is 5. The molecule has 8 N–H and O–H groups in total. The molecule has 0 aromatic carbocycles. The van der Waals surface area contributed by atoms with E-state index in [-0.39, 0.29) is 34.9 Å². The van der Waals surface area contributed by atoms with Crippen LogP contribution in [0.15, 0.2) is 11.3 Å². The van der Waals surface area contributed by atoms with Gasteiger partial charge in [0.1, 0.15) is 54.9 Å². The fourth-order valence-corrected chi connectivity index (χ4v) is 12.2. The molecular weight excluding hydrogens is 676 g/mol. The predicted molar refractivity (Wildman–Crippen MR) is 185 cm³/mol. The van der Waals surface area contributed by atoms with Gasteiger partial charge in [-0.3, -0.25) is 0 Å². The molecule has 0 aromatic rings. The smallest absolute Gasteiger partial charge is 0.187 e. The third-order valence-corrected chi connectivity index (χ3v) is 15.1. The monoisotopic (exact) mass is 740 g/mol. The van der Waals surface area contributed by atoms with E-state index in [1.165, 1.54) is 5.57 Å². The average molecular weight is 741 g/mol. The van der Waals surface area contributed by atoms with E-state index in [0.717, 1.165) is 57.1 Å². The number of hydrogen-bond donors (Lipinski definition) is 8. The summed E-state index contributed by atoms with van der Waals surface area (Å²) in [5, 5.41) is 84.6. The van der Waals surface area contributed by atoms with Crippen LogP contribution in [0.25, 0.3) is 0 Å². The summed E-state index contributed by atoms with van der Waals surface area (Å²) in [4.78, 5) is 0. The number of allylic oxidation sites excluding steroid dienone is 1. The van der Waals surface area contributed by atoms with Crippen LogP contribution in [0.3, 0.4) is 0 Å². The Morgan fingerprint density at radius 3 is 2.08 bits per heavy atom. The minimum atomic E-state index is -1.72. The summed E-state index contributed by atoms with van der Waals surface area (Å²) >= 11 is 0. The van der Waals surface area contributed by atoms with Crippen molar-refractivity contribution in [2.24, 2.45) is 46.3 Å². The van der Waals surface area contributed by atoms with Crippen LogP contribution < -0.4 is 0 Å². The molecule has 0 bridgehead atoms. The fourth-order valence-electron chi connectivity index (χ4n) is 12.2. The van der Waals surface area contributed by atoms with E-state index in [1.807, 2.05) is 0 Å². The predicted octanol–water partition coefficient (Wildman–Crippen LogP) is 1.34. The quantitative estimate of drug-likeness (QED) is 0.157. The second-order valence-corrected chi connectivity index (χ2v) is 18.2. The van der Waals surface area contributed by atoms with Gasteiger partial charge in [-0.15, -0.1) is 0 Å². The van der Waals surface area contributed by atoms with Gasteiger partial charge in [0.25, 0.3) is 0 Å². The SMILES string of the molecule is CC1=C(CCC(C)C)O[C@H]2[C@@H](O)[C@H]3[C@@H]4CC[C@@H]5C[C@@H](O[C@@H]6O[C@H](CO)[C@H](O)[C@H](O)[C@H]6O[C@@H]6O[C@H](CO)[C@@H](O)[C@H](O)[C@H]6O)CC[C@]5(C)[C@H]4CC[C@]3(C)[C@@H]12. The summed E-state index contributed by atoms with van der Waals surface area (Å²) in [5.74, 6) is 3.38. The Hall–Kier alpha value is -0.940. The van der Waals surface area contributed by atoms with Crippen LogP contribution in [-0.4, -0.2) is 134 Å². The summed E-state index contributed by atoms with van der Waals surface area (Å²) < 4.78 is 30.5. The molecule has 2 saturated heterocycles. The number of fused-ring (bicyclic) bond motifs is 7. The number of rotatable bonds is 9. The number of aliphatic hydroxyl groups is 8. The van der Waals surface area contributed by atoms with E-state index in [0.29, 0.717) is 30.1 Å². The van der Waals surface area contributed by atoms with Gasteiger partial charge in [0, 0.05) is 12.3 Å². The molecule has 52 heavy (non-hydrogen) atoms. The van der Waals surface area contributed by atoms with Crippen molar-refractivity contribution in [1.82, 2.24) is 0 Å². The molecule has 0 radical (unpaired) electrons. The fraction of sp³-hybridized carbons (Fsp3) is 0.949. The zero-order valence-corrected chi connectivity index (χ0v) is 31.4. The van der Waals surface area contributed by atoms with Crippen molar-refractivity contribution >= 4 is 0 Å². The van der Waals surface area contributed by atoms with Crippen LogP contribution in [0.5, 0.6) is 0 Å². The molecule has 13 heteroatoms. The van der Waals surface area contributed by atoms with Gasteiger partial charge < -0.3 is 64.5 Å². The van der Waals surface area contributed by atoms with Gasteiger partial charge in [0.15, 0.2) is 12.6 Å². The highest BCUT2D eigenvalue weighted by Gasteiger charge is 2.68. The second-order valence-electron chi connectivity index (χ2n) is 18.2. The van der Waals surface area contributed by atoms with E-state index >= 15 is 0 Å². The Morgan fingerprint density at radius 1 is 0.750 bits per heavy atom. The van der Waals surface area contributed by atoms with Crippen molar-refractivity contribution in [3.05, 3.63) is 11.3 Å². The molecule has 6 fully saturated rings. The topological polar surface area (TPSA) is 208 Å². The Labute approximate surface area is 307 Å². The van der Waals surface area contributed by atoms with E-state index in [9.17, 15) is 40.9 Å². The van der Waals surface area contributed by atoms with E-state index in [1.54, 1.807) is 0 Å². The van der Waals surface area contributed by atoms with Gasteiger partial charge in [-0.25, -0.2) is 0 Å². The Balaban J connectivity index is 1.04. The summed E-state index contributed by atoms with van der Waals surface area (Å²) in [5.41, 5.74) is 1.41. The normalized spacial score (nSPS) is 53.3. The van der Waals surface area contributed by atoms with Crippen molar-refractivity contribution in [3.8, 4) is 0 Å². The highest BCUT2D eigenvalue weighted by atomic mass is 16.8. The van der Waals surface area contributed by atoms with Crippen LogP contribution in [0.4, 0.5) is 0 Å². The minimum absolute atomic E-state index is 0.00135. The zero-order valence-electron chi connectivity index (χ0n) is 31.4. The molecular formula is C39H64O13. The molecule has 20 atom stereocenters. The van der Waals surface area contributed by atoms with Gasteiger partial charge in [-0.2, -0.15) is 0 Å². The maximum absolute atomic E-state index is 12.0. The van der Waals surface area contributed by atoms with Crippen LogP contribution in [0.2, 0.25) is 0 Å². The first-order chi connectivity index (χ1) is 24.6. The van der Waals surface area contributed by atoms with Gasteiger partial charge in [0.05, 0.1) is 31.2 Å². The van der Waals surface area contributed by atoms with E-state index in [4.69, 9.17) is 23.7 Å². The van der Waals surface area contributed by atoms with Gasteiger partial charge in [-0.1, -0.05) is 27.7 Å². The first-order valence-electron chi connectivity index (χ1n) is 19.9. The molecule has 0 amide bonds. The van der Waals surface area contributed by atoms with E-state index in [2.05, 4.69) is 34.6 Å². The third kappa shape index (κ3) is 6.40. The number of aliphatic hydroxyl groups excluding tert-OH is 8. The lowest BCUT2D eigenvalue weighted by Crippen LogP contribution is -2.65. The summed E-state index contributed by atoms with van der Waals surface area (Å²) in [6, 6.07) is 0. The molecule has 0 unspecified atom stereocenters. The van der Waals surface area contributed by atoms with Gasteiger partial charge in [0.2, 0.25) is 0 Å². The summed E-state index contributed by atoms with van der Waals surface area (Å²) in [6.45, 7) is 10.3. The first-order valence-corrected chi connectivity index (χ1v) is 19.9. The highest BCUT2D eigenvalue weighted by molar-refractivity contribution is 5.29. The Bertz CT molecular complexity index is 1290. The maximum atomic E-state index is 12.0.